The summed E-state index contributed by atoms with van der Waals surface area (Å²) in [6, 6.07) is 8.34. The number of aromatic nitrogens is 1. The zero-order valence-electron chi connectivity index (χ0n) is 21.6. The summed E-state index contributed by atoms with van der Waals surface area (Å²) in [6.07, 6.45) is -6.16. The molecule has 0 amide bonds. The van der Waals surface area contributed by atoms with E-state index in [1.807, 2.05) is 6.08 Å². The number of alkyl halides is 6. The molecule has 1 unspecified atom stereocenters. The first-order chi connectivity index (χ1) is 18.3. The maximum Gasteiger partial charge on any atom is 0.416 e. The summed E-state index contributed by atoms with van der Waals surface area (Å²) in [6.45, 7) is 4.86. The molecule has 0 radical (unpaired) electrons. The van der Waals surface area contributed by atoms with Crippen molar-refractivity contribution >= 4 is 10.9 Å². The van der Waals surface area contributed by atoms with Crippen LogP contribution in [0, 0.1) is 11.8 Å². The molecular formula is C29H29ClF6N2O2. The predicted octanol–water partition coefficient (Wildman–Crippen LogP) is 3.93. The van der Waals surface area contributed by atoms with Crippen LogP contribution in [0.15, 0.2) is 61.3 Å². The van der Waals surface area contributed by atoms with Crippen LogP contribution in [0.2, 0.25) is 0 Å². The molecule has 3 fully saturated rings. The number of halogens is 7. The van der Waals surface area contributed by atoms with Crippen molar-refractivity contribution in [3.05, 3.63) is 83.6 Å². The summed E-state index contributed by atoms with van der Waals surface area (Å²) in [5, 5.41) is 12.5. The Bertz CT molecular complexity index is 1360. The van der Waals surface area contributed by atoms with Gasteiger partial charge in [0.25, 0.3) is 0 Å². The average molecular weight is 587 g/mol. The topological polar surface area (TPSA) is 42.4 Å². The molecule has 0 aliphatic carbocycles. The number of fused-ring (bicyclic) bond motifs is 4. The summed E-state index contributed by atoms with van der Waals surface area (Å²) in [7, 11) is 1.53. The van der Waals surface area contributed by atoms with Gasteiger partial charge in [-0.2, -0.15) is 26.3 Å². The van der Waals surface area contributed by atoms with E-state index in [9.17, 15) is 31.4 Å². The second-order valence-corrected chi connectivity index (χ2v) is 10.7. The second kappa shape index (κ2) is 10.9. The Kier molecular flexibility index (Phi) is 8.19. The van der Waals surface area contributed by atoms with Crippen LogP contribution in [0.5, 0.6) is 5.75 Å². The number of pyridine rings is 1. The molecule has 4 nitrogen and oxygen atoms in total. The lowest BCUT2D eigenvalue weighted by Gasteiger charge is -2.58. The molecule has 6 rings (SSSR count). The van der Waals surface area contributed by atoms with E-state index in [0.717, 1.165) is 18.6 Å². The van der Waals surface area contributed by atoms with Crippen molar-refractivity contribution in [3.63, 3.8) is 0 Å². The number of quaternary nitrogens is 1. The third-order valence-corrected chi connectivity index (χ3v) is 8.49. The summed E-state index contributed by atoms with van der Waals surface area (Å²) in [4.78, 5) is 4.37. The third kappa shape index (κ3) is 5.53. The number of aliphatic hydroxyl groups is 1. The molecule has 3 aliphatic rings. The van der Waals surface area contributed by atoms with Crippen LogP contribution in [0.4, 0.5) is 26.3 Å². The first-order valence-corrected chi connectivity index (χ1v) is 12.7. The molecule has 11 heteroatoms. The first-order valence-electron chi connectivity index (χ1n) is 12.7. The van der Waals surface area contributed by atoms with Crippen LogP contribution in [-0.4, -0.2) is 40.8 Å². The highest BCUT2D eigenvalue weighted by atomic mass is 35.5. The molecule has 2 bridgehead atoms. The van der Waals surface area contributed by atoms with Crippen molar-refractivity contribution < 1.29 is 53.1 Å². The molecule has 3 aromatic rings. The minimum absolute atomic E-state index is 0. The van der Waals surface area contributed by atoms with E-state index in [1.54, 1.807) is 30.5 Å². The number of hydrogen-bond donors (Lipinski definition) is 1. The van der Waals surface area contributed by atoms with Gasteiger partial charge in [-0.25, -0.2) is 0 Å². The molecule has 3 saturated heterocycles. The third-order valence-electron chi connectivity index (χ3n) is 8.49. The van der Waals surface area contributed by atoms with Crippen LogP contribution in [0.1, 0.15) is 41.2 Å². The normalized spacial score (nSPS) is 25.4. The molecule has 0 spiro atoms. The first kappa shape index (κ1) is 30.1. The maximum absolute atomic E-state index is 13.6. The highest BCUT2D eigenvalue weighted by molar-refractivity contribution is 5.83. The van der Waals surface area contributed by atoms with Gasteiger partial charge >= 0.3 is 12.4 Å². The van der Waals surface area contributed by atoms with Crippen LogP contribution < -0.4 is 17.1 Å². The summed E-state index contributed by atoms with van der Waals surface area (Å²) in [5.74, 6) is 0.843. The van der Waals surface area contributed by atoms with Crippen molar-refractivity contribution in [2.24, 2.45) is 11.8 Å². The molecule has 4 heterocycles. The van der Waals surface area contributed by atoms with Gasteiger partial charge in [0.15, 0.2) is 0 Å². The molecule has 3 aliphatic heterocycles. The van der Waals surface area contributed by atoms with E-state index in [0.29, 0.717) is 41.7 Å². The standard InChI is InChI=1S/C29H29F6N2O2.ClH/c1-3-18-16-37(15-17-10-20(28(30,31)32)13-21(11-17)29(33,34)35)9-7-19(18)12-26(37)27(38)23-6-8-36-25-5-4-22(39-2)14-24(23)25;/h3-6,8,10-11,13-14,18-19,26-27,38H,1,7,9,12,15-16H2,2H3;1H/q+1;/p-1/t18-,19-,26+,27-,37?;/m0./s1. The largest absolute Gasteiger partial charge is 1.00 e. The highest BCUT2D eigenvalue weighted by Gasteiger charge is 2.54. The summed E-state index contributed by atoms with van der Waals surface area (Å²) in [5.41, 5.74) is -1.47. The van der Waals surface area contributed by atoms with Crippen LogP contribution >= 0.6 is 0 Å². The number of benzene rings is 2. The van der Waals surface area contributed by atoms with Gasteiger partial charge in [0, 0.05) is 35.9 Å². The predicted molar refractivity (Wildman–Crippen MR) is 134 cm³/mol. The average Bonchev–Trinajstić information content (AvgIpc) is 2.90. The van der Waals surface area contributed by atoms with E-state index in [4.69, 9.17) is 4.74 Å². The SMILES string of the molecule is C=C[C@H]1C[N+]2(Cc3cc(C(F)(F)F)cc(C(F)(F)F)c3)CC[C@H]1C[C@@H]2[C@@H](O)c1ccnc2ccc(OC)cc12.[Cl-]. The van der Waals surface area contributed by atoms with Crippen LogP contribution in [0.25, 0.3) is 10.9 Å². The van der Waals surface area contributed by atoms with Crippen molar-refractivity contribution in [1.29, 1.82) is 0 Å². The van der Waals surface area contributed by atoms with E-state index < -0.39 is 35.6 Å². The molecular weight excluding hydrogens is 558 g/mol. The number of nitrogens with zero attached hydrogens (tertiary/aromatic N) is 2. The highest BCUT2D eigenvalue weighted by Crippen LogP contribution is 2.48. The fourth-order valence-electron chi connectivity index (χ4n) is 6.59. The van der Waals surface area contributed by atoms with Gasteiger partial charge < -0.3 is 26.7 Å². The number of rotatable bonds is 6. The monoisotopic (exact) mass is 586 g/mol. The van der Waals surface area contributed by atoms with Gasteiger partial charge in [-0.05, 0) is 53.9 Å². The lowest BCUT2D eigenvalue weighted by Crippen LogP contribution is -3.00. The van der Waals surface area contributed by atoms with Crippen molar-refractivity contribution in [1.82, 2.24) is 4.98 Å². The molecule has 0 saturated carbocycles. The van der Waals surface area contributed by atoms with Crippen LogP contribution in [-0.2, 0) is 18.9 Å². The zero-order chi connectivity index (χ0) is 28.2. The van der Waals surface area contributed by atoms with Gasteiger partial charge in [0.2, 0.25) is 0 Å². The van der Waals surface area contributed by atoms with E-state index in [1.165, 1.54) is 7.11 Å². The smallest absolute Gasteiger partial charge is 0.416 e. The molecule has 1 N–H and O–H groups in total. The molecule has 2 aromatic carbocycles. The van der Waals surface area contributed by atoms with Gasteiger partial charge in [-0.1, -0.05) is 6.08 Å². The minimum Gasteiger partial charge on any atom is -1.00 e. The Hall–Kier alpha value is -2.82. The number of hydrogen-bond acceptors (Lipinski definition) is 3. The van der Waals surface area contributed by atoms with Gasteiger partial charge in [-0.15, -0.1) is 6.58 Å². The number of methoxy groups -OCH3 is 1. The number of aliphatic hydroxyl groups excluding tert-OH is 1. The summed E-state index contributed by atoms with van der Waals surface area (Å²) >= 11 is 0. The lowest BCUT2D eigenvalue weighted by molar-refractivity contribution is -0.984. The Morgan fingerprint density at radius 1 is 1.07 bits per heavy atom. The van der Waals surface area contributed by atoms with Crippen molar-refractivity contribution in [2.45, 2.75) is 43.9 Å². The molecule has 5 atom stereocenters. The Morgan fingerprint density at radius 3 is 2.35 bits per heavy atom. The minimum atomic E-state index is -4.93. The van der Waals surface area contributed by atoms with E-state index in [-0.39, 0.29) is 46.9 Å². The number of piperidine rings is 3. The Balaban J connectivity index is 0.00000370. The van der Waals surface area contributed by atoms with Gasteiger partial charge in [0.05, 0.1) is 36.8 Å². The van der Waals surface area contributed by atoms with Gasteiger partial charge in [-0.3, -0.25) is 4.98 Å². The molecule has 1 aromatic heterocycles. The second-order valence-electron chi connectivity index (χ2n) is 10.7. The number of ether oxygens (including phenoxy) is 1. The van der Waals surface area contributed by atoms with E-state index >= 15 is 0 Å². The van der Waals surface area contributed by atoms with Crippen LogP contribution in [0.3, 0.4) is 0 Å². The molecule has 216 valence electrons. The zero-order valence-corrected chi connectivity index (χ0v) is 22.4. The Morgan fingerprint density at radius 2 is 1.75 bits per heavy atom. The lowest BCUT2D eigenvalue weighted by atomic mass is 9.71. The fourth-order valence-corrected chi connectivity index (χ4v) is 6.59. The molecule has 40 heavy (non-hydrogen) atoms. The fraction of sp³-hybridized carbons (Fsp3) is 0.414. The maximum atomic E-state index is 13.6. The Labute approximate surface area is 234 Å². The van der Waals surface area contributed by atoms with E-state index in [2.05, 4.69) is 11.6 Å². The van der Waals surface area contributed by atoms with Crippen molar-refractivity contribution in [2.75, 3.05) is 20.2 Å². The van der Waals surface area contributed by atoms with Gasteiger partial charge in [0.1, 0.15) is 24.4 Å². The summed E-state index contributed by atoms with van der Waals surface area (Å²) < 4.78 is 87.2. The van der Waals surface area contributed by atoms with Crippen molar-refractivity contribution in [3.8, 4) is 5.75 Å². The quantitative estimate of drug-likeness (QED) is 0.271.